The number of carbonyl (C=O) groups excluding carboxylic acids is 1. The van der Waals surface area contributed by atoms with Gasteiger partial charge in [-0.1, -0.05) is 37.5 Å². The minimum Gasteiger partial charge on any atom is -0.444 e. The fourth-order valence-electron chi connectivity index (χ4n) is 3.45. The van der Waals surface area contributed by atoms with Crippen molar-refractivity contribution in [2.75, 3.05) is 6.54 Å². The summed E-state index contributed by atoms with van der Waals surface area (Å²) in [5, 5.41) is 2.95. The van der Waals surface area contributed by atoms with Crippen LogP contribution >= 0.6 is 0 Å². The van der Waals surface area contributed by atoms with E-state index in [0.717, 1.165) is 24.1 Å². The van der Waals surface area contributed by atoms with Crippen molar-refractivity contribution in [3.05, 3.63) is 42.3 Å². The van der Waals surface area contributed by atoms with E-state index in [1.165, 1.54) is 19.3 Å². The molecular formula is C19H25N3O2. The SMILES string of the molecule is NCC1(CC(=O)NCc2coc(-c3ccccc3)n2)CCCCC1. The molecule has 1 aromatic carbocycles. The first-order valence-electron chi connectivity index (χ1n) is 8.67. The maximum absolute atomic E-state index is 12.3. The number of nitrogens with one attached hydrogen (secondary N) is 1. The molecule has 1 saturated carbocycles. The zero-order valence-electron chi connectivity index (χ0n) is 14.0. The molecule has 1 aliphatic rings. The lowest BCUT2D eigenvalue weighted by molar-refractivity contribution is -0.124. The van der Waals surface area contributed by atoms with Crippen LogP contribution in [-0.2, 0) is 11.3 Å². The first-order valence-corrected chi connectivity index (χ1v) is 8.67. The number of amides is 1. The van der Waals surface area contributed by atoms with Gasteiger partial charge in [-0.3, -0.25) is 4.79 Å². The lowest BCUT2D eigenvalue weighted by Crippen LogP contribution is -2.38. The summed E-state index contributed by atoms with van der Waals surface area (Å²) in [6.07, 6.45) is 7.82. The lowest BCUT2D eigenvalue weighted by Gasteiger charge is -2.35. The van der Waals surface area contributed by atoms with E-state index in [4.69, 9.17) is 10.2 Å². The molecular weight excluding hydrogens is 302 g/mol. The molecule has 5 nitrogen and oxygen atoms in total. The molecule has 3 N–H and O–H groups in total. The quantitative estimate of drug-likeness (QED) is 0.853. The Morgan fingerprint density at radius 3 is 2.67 bits per heavy atom. The third-order valence-corrected chi connectivity index (χ3v) is 4.92. The predicted octanol–water partition coefficient (Wildman–Crippen LogP) is 3.26. The Bertz CT molecular complexity index is 660. The molecule has 0 spiro atoms. The van der Waals surface area contributed by atoms with Crippen molar-refractivity contribution in [2.45, 2.75) is 45.1 Å². The lowest BCUT2D eigenvalue weighted by atomic mass is 9.71. The second-order valence-electron chi connectivity index (χ2n) is 6.73. The Kier molecular flexibility index (Phi) is 5.30. The minimum atomic E-state index is -0.0125. The highest BCUT2D eigenvalue weighted by atomic mass is 16.3. The largest absolute Gasteiger partial charge is 0.444 e. The first kappa shape index (κ1) is 16.7. The average Bonchev–Trinajstić information content (AvgIpc) is 3.11. The summed E-state index contributed by atoms with van der Waals surface area (Å²) in [7, 11) is 0. The monoisotopic (exact) mass is 327 g/mol. The van der Waals surface area contributed by atoms with Crippen molar-refractivity contribution in [3.63, 3.8) is 0 Å². The van der Waals surface area contributed by atoms with Gasteiger partial charge in [0, 0.05) is 12.0 Å². The molecule has 0 saturated heterocycles. The van der Waals surface area contributed by atoms with Crippen LogP contribution in [0.3, 0.4) is 0 Å². The number of rotatable bonds is 6. The highest BCUT2D eigenvalue weighted by Crippen LogP contribution is 2.38. The number of hydrogen-bond donors (Lipinski definition) is 2. The van der Waals surface area contributed by atoms with Crippen LogP contribution in [0.25, 0.3) is 11.5 Å². The molecule has 1 aliphatic carbocycles. The van der Waals surface area contributed by atoms with E-state index in [-0.39, 0.29) is 11.3 Å². The fraction of sp³-hybridized carbons (Fsp3) is 0.474. The van der Waals surface area contributed by atoms with E-state index >= 15 is 0 Å². The molecule has 3 rings (SSSR count). The summed E-state index contributed by atoms with van der Waals surface area (Å²) < 4.78 is 5.49. The van der Waals surface area contributed by atoms with E-state index in [2.05, 4.69) is 10.3 Å². The van der Waals surface area contributed by atoms with Crippen LogP contribution in [0, 0.1) is 5.41 Å². The van der Waals surface area contributed by atoms with Gasteiger partial charge in [-0.05, 0) is 36.9 Å². The summed E-state index contributed by atoms with van der Waals surface area (Å²) in [5.74, 6) is 0.622. The van der Waals surface area contributed by atoms with Crippen LogP contribution in [0.5, 0.6) is 0 Å². The third kappa shape index (κ3) is 4.03. The zero-order chi connectivity index (χ0) is 16.8. The van der Waals surface area contributed by atoms with E-state index in [0.29, 0.717) is 25.4 Å². The summed E-state index contributed by atoms with van der Waals surface area (Å²) in [6.45, 7) is 0.971. The van der Waals surface area contributed by atoms with E-state index < -0.39 is 0 Å². The molecule has 2 aromatic rings. The van der Waals surface area contributed by atoms with E-state index in [1.807, 2.05) is 30.3 Å². The van der Waals surface area contributed by atoms with Gasteiger partial charge in [0.05, 0.1) is 12.2 Å². The maximum atomic E-state index is 12.3. The molecule has 0 atom stereocenters. The van der Waals surface area contributed by atoms with Crippen molar-refractivity contribution in [1.29, 1.82) is 0 Å². The van der Waals surface area contributed by atoms with Gasteiger partial charge in [-0.2, -0.15) is 0 Å². The van der Waals surface area contributed by atoms with Gasteiger partial charge in [-0.15, -0.1) is 0 Å². The Balaban J connectivity index is 1.54. The summed E-state index contributed by atoms with van der Waals surface area (Å²) in [4.78, 5) is 16.7. The van der Waals surface area contributed by atoms with Gasteiger partial charge >= 0.3 is 0 Å². The van der Waals surface area contributed by atoms with Crippen LogP contribution in [-0.4, -0.2) is 17.4 Å². The number of oxazole rings is 1. The Hall–Kier alpha value is -2.14. The Labute approximate surface area is 142 Å². The number of nitrogens with zero attached hydrogens (tertiary/aromatic N) is 1. The van der Waals surface area contributed by atoms with Crippen molar-refractivity contribution >= 4 is 5.91 Å². The van der Waals surface area contributed by atoms with Crippen LogP contribution in [0.1, 0.15) is 44.2 Å². The van der Waals surface area contributed by atoms with Crippen molar-refractivity contribution in [2.24, 2.45) is 11.1 Å². The zero-order valence-corrected chi connectivity index (χ0v) is 14.0. The van der Waals surface area contributed by atoms with E-state index in [1.54, 1.807) is 6.26 Å². The van der Waals surface area contributed by atoms with Gasteiger partial charge in [0.25, 0.3) is 0 Å². The smallest absolute Gasteiger partial charge is 0.226 e. The first-order chi connectivity index (χ1) is 11.7. The van der Waals surface area contributed by atoms with Crippen molar-refractivity contribution < 1.29 is 9.21 Å². The summed E-state index contributed by atoms with van der Waals surface area (Å²) in [6, 6.07) is 9.73. The number of benzene rings is 1. The minimum absolute atomic E-state index is 0.0125. The molecule has 0 bridgehead atoms. The number of aromatic nitrogens is 1. The van der Waals surface area contributed by atoms with Crippen LogP contribution in [0.2, 0.25) is 0 Å². The normalized spacial score (nSPS) is 16.7. The molecule has 5 heteroatoms. The molecule has 1 fully saturated rings. The predicted molar refractivity (Wildman–Crippen MR) is 93.0 cm³/mol. The molecule has 1 heterocycles. The third-order valence-electron chi connectivity index (χ3n) is 4.92. The van der Waals surface area contributed by atoms with Gasteiger partial charge in [0.1, 0.15) is 6.26 Å². The second kappa shape index (κ2) is 7.62. The van der Waals surface area contributed by atoms with Gasteiger partial charge < -0.3 is 15.5 Å². The van der Waals surface area contributed by atoms with Gasteiger partial charge in [0.15, 0.2) is 0 Å². The molecule has 1 amide bonds. The highest BCUT2D eigenvalue weighted by Gasteiger charge is 2.32. The molecule has 0 unspecified atom stereocenters. The summed E-state index contributed by atoms with van der Waals surface area (Å²) in [5.41, 5.74) is 7.60. The topological polar surface area (TPSA) is 81.2 Å². The highest BCUT2D eigenvalue weighted by molar-refractivity contribution is 5.76. The molecule has 0 aliphatic heterocycles. The molecule has 0 radical (unpaired) electrons. The van der Waals surface area contributed by atoms with Crippen molar-refractivity contribution in [1.82, 2.24) is 10.3 Å². The fourth-order valence-corrected chi connectivity index (χ4v) is 3.45. The number of hydrogen-bond acceptors (Lipinski definition) is 4. The standard InChI is InChI=1S/C19H25N3O2/c20-14-19(9-5-2-6-10-19)11-17(23)21-12-16-13-24-18(22-16)15-7-3-1-4-8-15/h1,3-4,7-8,13H,2,5-6,9-12,14,20H2,(H,21,23). The van der Waals surface area contributed by atoms with Crippen LogP contribution in [0.15, 0.2) is 41.0 Å². The van der Waals surface area contributed by atoms with Crippen LogP contribution in [0.4, 0.5) is 0 Å². The average molecular weight is 327 g/mol. The number of carbonyl (C=O) groups is 1. The van der Waals surface area contributed by atoms with Crippen molar-refractivity contribution in [3.8, 4) is 11.5 Å². The summed E-state index contributed by atoms with van der Waals surface area (Å²) >= 11 is 0. The Morgan fingerprint density at radius 2 is 1.96 bits per heavy atom. The van der Waals surface area contributed by atoms with Gasteiger partial charge in [0.2, 0.25) is 11.8 Å². The van der Waals surface area contributed by atoms with E-state index in [9.17, 15) is 4.79 Å². The Morgan fingerprint density at radius 1 is 1.21 bits per heavy atom. The molecule has 24 heavy (non-hydrogen) atoms. The molecule has 128 valence electrons. The van der Waals surface area contributed by atoms with Gasteiger partial charge in [-0.25, -0.2) is 4.98 Å². The number of nitrogens with two attached hydrogens (primary N) is 1. The maximum Gasteiger partial charge on any atom is 0.226 e. The van der Waals surface area contributed by atoms with Crippen LogP contribution < -0.4 is 11.1 Å². The molecule has 1 aromatic heterocycles. The second-order valence-corrected chi connectivity index (χ2v) is 6.73.